The third-order valence-corrected chi connectivity index (χ3v) is 5.11. The van der Waals surface area contributed by atoms with Gasteiger partial charge in [0.15, 0.2) is 11.2 Å². The van der Waals surface area contributed by atoms with Gasteiger partial charge in [-0.05, 0) is 29.3 Å². The van der Waals surface area contributed by atoms with Gasteiger partial charge in [-0.3, -0.25) is 9.59 Å². The Hall–Kier alpha value is -3.60. The van der Waals surface area contributed by atoms with Crippen LogP contribution < -0.4 is 9.47 Å². The summed E-state index contributed by atoms with van der Waals surface area (Å²) in [4.78, 5) is 26.7. The Labute approximate surface area is 168 Å². The lowest BCUT2D eigenvalue weighted by atomic mass is 9.70. The fraction of sp³-hybridized carbons (Fsp3) is 0.167. The van der Waals surface area contributed by atoms with Gasteiger partial charge in [-0.25, -0.2) is 0 Å². The van der Waals surface area contributed by atoms with Crippen LogP contribution in [0.15, 0.2) is 78.9 Å². The zero-order chi connectivity index (χ0) is 20.3. The highest BCUT2D eigenvalue weighted by Gasteiger charge is 2.54. The monoisotopic (exact) mass is 388 g/mol. The molecule has 1 heterocycles. The molecule has 146 valence electrons. The average Bonchev–Trinajstić information content (AvgIpc) is 2.78. The molecule has 0 amide bonds. The van der Waals surface area contributed by atoms with Gasteiger partial charge in [0.25, 0.3) is 0 Å². The fourth-order valence-electron chi connectivity index (χ4n) is 3.63. The Kier molecular flexibility index (Phi) is 5.04. The number of hydrogen-bond donors (Lipinski definition) is 0. The molecule has 3 aromatic rings. The second kappa shape index (κ2) is 7.80. The minimum atomic E-state index is -1.59. The van der Waals surface area contributed by atoms with Crippen molar-refractivity contribution >= 4 is 11.8 Å². The Morgan fingerprint density at radius 3 is 2.38 bits per heavy atom. The first kappa shape index (κ1) is 18.7. The van der Waals surface area contributed by atoms with Crippen LogP contribution in [0.3, 0.4) is 0 Å². The molecule has 5 nitrogen and oxygen atoms in total. The van der Waals surface area contributed by atoms with Crippen molar-refractivity contribution in [2.45, 2.75) is 12.0 Å². The summed E-state index contributed by atoms with van der Waals surface area (Å²) in [6, 6.07) is 23.4. The number of fused-ring (bicyclic) bond motifs is 1. The van der Waals surface area contributed by atoms with E-state index in [0.717, 1.165) is 5.56 Å². The summed E-state index contributed by atoms with van der Waals surface area (Å²) in [6.07, 6.45) is 0. The maximum Gasteiger partial charge on any atom is 0.329 e. The van der Waals surface area contributed by atoms with E-state index in [1.54, 1.807) is 49.6 Å². The molecule has 0 saturated heterocycles. The summed E-state index contributed by atoms with van der Waals surface area (Å²) in [7, 11) is 1.56. The first-order chi connectivity index (χ1) is 14.2. The van der Waals surface area contributed by atoms with Crippen molar-refractivity contribution in [2.75, 3.05) is 13.7 Å². The van der Waals surface area contributed by atoms with Gasteiger partial charge in [0, 0.05) is 5.56 Å². The van der Waals surface area contributed by atoms with Crippen molar-refractivity contribution in [1.29, 1.82) is 0 Å². The van der Waals surface area contributed by atoms with Crippen LogP contribution in [0.2, 0.25) is 0 Å². The number of para-hydroxylation sites is 1. The quantitative estimate of drug-likeness (QED) is 0.493. The molecule has 1 aliphatic rings. The van der Waals surface area contributed by atoms with Crippen LogP contribution in [0.1, 0.15) is 16.7 Å². The summed E-state index contributed by atoms with van der Waals surface area (Å²) < 4.78 is 16.5. The van der Waals surface area contributed by atoms with Crippen molar-refractivity contribution in [2.24, 2.45) is 0 Å². The highest BCUT2D eigenvalue weighted by Crippen LogP contribution is 2.43. The van der Waals surface area contributed by atoms with E-state index in [9.17, 15) is 9.59 Å². The van der Waals surface area contributed by atoms with Crippen molar-refractivity contribution in [3.8, 4) is 11.5 Å². The van der Waals surface area contributed by atoms with Gasteiger partial charge in [0.05, 0.1) is 7.11 Å². The number of ketones is 1. The normalized spacial score (nSPS) is 17.8. The molecule has 0 spiro atoms. The Morgan fingerprint density at radius 1 is 0.966 bits per heavy atom. The van der Waals surface area contributed by atoms with Crippen LogP contribution in [0.25, 0.3) is 0 Å². The predicted octanol–water partition coefficient (Wildman–Crippen LogP) is 3.69. The maximum absolute atomic E-state index is 13.5. The summed E-state index contributed by atoms with van der Waals surface area (Å²) >= 11 is 0. The van der Waals surface area contributed by atoms with E-state index in [4.69, 9.17) is 14.2 Å². The smallest absolute Gasteiger partial charge is 0.329 e. The highest BCUT2D eigenvalue weighted by molar-refractivity contribution is 6.15. The Morgan fingerprint density at radius 2 is 1.66 bits per heavy atom. The zero-order valence-corrected chi connectivity index (χ0v) is 16.0. The van der Waals surface area contributed by atoms with E-state index in [1.165, 1.54) is 0 Å². The minimum absolute atomic E-state index is 0.0773. The first-order valence-corrected chi connectivity index (χ1v) is 9.27. The van der Waals surface area contributed by atoms with Crippen LogP contribution in [-0.2, 0) is 26.3 Å². The lowest BCUT2D eigenvalue weighted by Gasteiger charge is -2.35. The van der Waals surface area contributed by atoms with Crippen molar-refractivity contribution in [3.05, 3.63) is 95.6 Å². The van der Waals surface area contributed by atoms with Crippen molar-refractivity contribution in [1.82, 2.24) is 0 Å². The third-order valence-electron chi connectivity index (χ3n) is 5.11. The summed E-state index contributed by atoms with van der Waals surface area (Å²) in [5.74, 6) is 0.153. The second-order valence-corrected chi connectivity index (χ2v) is 6.75. The van der Waals surface area contributed by atoms with Crippen LogP contribution in [0.4, 0.5) is 0 Å². The van der Waals surface area contributed by atoms with Gasteiger partial charge in [-0.15, -0.1) is 0 Å². The molecule has 29 heavy (non-hydrogen) atoms. The third kappa shape index (κ3) is 3.25. The van der Waals surface area contributed by atoms with Crippen molar-refractivity contribution in [3.63, 3.8) is 0 Å². The largest absolute Gasteiger partial charge is 0.497 e. The van der Waals surface area contributed by atoms with E-state index in [2.05, 4.69) is 0 Å². The Balaban J connectivity index is 1.81. The molecule has 1 atom stereocenters. The predicted molar refractivity (Wildman–Crippen MR) is 107 cm³/mol. The molecule has 0 saturated carbocycles. The SMILES string of the molecule is COc1ccc(C2(C(=O)OCc3ccccc3)C(=O)COc3ccccc32)cc1. The number of ether oxygens (including phenoxy) is 3. The van der Waals surface area contributed by atoms with Gasteiger partial charge in [0.1, 0.15) is 24.7 Å². The standard InChI is InChI=1S/C24H20O5/c1-27-19-13-11-18(12-14-19)24(23(26)29-15-17-7-3-2-4-8-17)20-9-5-6-10-21(20)28-16-22(24)25/h2-14H,15-16H2,1H3. The van der Waals surface area contributed by atoms with Gasteiger partial charge >= 0.3 is 5.97 Å². The average molecular weight is 388 g/mol. The van der Waals surface area contributed by atoms with Gasteiger partial charge in [-0.2, -0.15) is 0 Å². The lowest BCUT2D eigenvalue weighted by molar-refractivity contribution is -0.155. The van der Waals surface area contributed by atoms with E-state index in [1.807, 2.05) is 36.4 Å². The molecule has 4 rings (SSSR count). The molecule has 0 N–H and O–H groups in total. The molecule has 5 heteroatoms. The second-order valence-electron chi connectivity index (χ2n) is 6.75. The molecular formula is C24H20O5. The number of carbonyl (C=O) groups is 2. The minimum Gasteiger partial charge on any atom is -0.497 e. The number of methoxy groups -OCH3 is 1. The number of carbonyl (C=O) groups excluding carboxylic acids is 2. The van der Waals surface area contributed by atoms with E-state index in [-0.39, 0.29) is 19.0 Å². The van der Waals surface area contributed by atoms with Gasteiger partial charge in [0.2, 0.25) is 0 Å². The number of hydrogen-bond acceptors (Lipinski definition) is 5. The van der Waals surface area contributed by atoms with Crippen LogP contribution in [-0.4, -0.2) is 25.5 Å². The molecule has 0 radical (unpaired) electrons. The molecule has 1 aliphatic heterocycles. The molecule has 1 unspecified atom stereocenters. The summed E-state index contributed by atoms with van der Waals surface area (Å²) in [5, 5.41) is 0. The zero-order valence-electron chi connectivity index (χ0n) is 16.0. The van der Waals surface area contributed by atoms with Crippen LogP contribution in [0.5, 0.6) is 11.5 Å². The molecule has 0 aromatic heterocycles. The van der Waals surface area contributed by atoms with Crippen LogP contribution >= 0.6 is 0 Å². The molecule has 0 fully saturated rings. The maximum atomic E-state index is 13.5. The van der Waals surface area contributed by atoms with E-state index >= 15 is 0 Å². The molecule has 3 aromatic carbocycles. The number of Topliss-reactive ketones (excluding diaryl/α,β-unsaturated/α-hetero) is 1. The topological polar surface area (TPSA) is 61.8 Å². The van der Waals surface area contributed by atoms with E-state index in [0.29, 0.717) is 22.6 Å². The van der Waals surface area contributed by atoms with E-state index < -0.39 is 11.4 Å². The summed E-state index contributed by atoms with van der Waals surface area (Å²) in [5.41, 5.74) is 0.269. The van der Waals surface area contributed by atoms with Gasteiger partial charge < -0.3 is 14.2 Å². The Bertz CT molecular complexity index is 1030. The molecule has 0 bridgehead atoms. The van der Waals surface area contributed by atoms with Crippen molar-refractivity contribution < 1.29 is 23.8 Å². The molecular weight excluding hydrogens is 368 g/mol. The molecule has 0 aliphatic carbocycles. The van der Waals surface area contributed by atoms with Crippen LogP contribution in [0, 0.1) is 0 Å². The fourth-order valence-corrected chi connectivity index (χ4v) is 3.63. The lowest BCUT2D eigenvalue weighted by Crippen LogP contribution is -2.50. The summed E-state index contributed by atoms with van der Waals surface area (Å²) in [6.45, 7) is -0.128. The highest BCUT2D eigenvalue weighted by atomic mass is 16.5. The van der Waals surface area contributed by atoms with Gasteiger partial charge in [-0.1, -0.05) is 60.7 Å². The number of benzene rings is 3. The first-order valence-electron chi connectivity index (χ1n) is 9.27. The number of esters is 1. The number of rotatable bonds is 5.